The van der Waals surface area contributed by atoms with E-state index >= 15 is 0 Å². The van der Waals surface area contributed by atoms with E-state index < -0.39 is 0 Å². The van der Waals surface area contributed by atoms with E-state index in [9.17, 15) is 0 Å². The molecule has 1 aromatic carbocycles. The minimum Gasteiger partial charge on any atom is -0.122 e. The molecule has 0 aromatic heterocycles. The van der Waals surface area contributed by atoms with E-state index in [4.69, 9.17) is 23.2 Å². The van der Waals surface area contributed by atoms with E-state index in [1.165, 1.54) is 5.56 Å². The van der Waals surface area contributed by atoms with Gasteiger partial charge in [-0.25, -0.2) is 0 Å². The van der Waals surface area contributed by atoms with Crippen LogP contribution in [-0.4, -0.2) is 0 Å². The fraction of sp³-hybridized carbons (Fsp3) is 0.333. The smallest absolute Gasteiger partial charge is 0.0477 e. The Morgan fingerprint density at radius 3 is 2.58 bits per heavy atom. The Hall–Kier alpha value is 0.280. The van der Waals surface area contributed by atoms with Gasteiger partial charge in [0, 0.05) is 15.4 Å². The first-order chi connectivity index (χ1) is 5.69. The Bertz CT molecular complexity index is 284. The van der Waals surface area contributed by atoms with Crippen LogP contribution in [0.25, 0.3) is 0 Å². The van der Waals surface area contributed by atoms with E-state index in [1.54, 1.807) is 0 Å². The van der Waals surface area contributed by atoms with Crippen molar-refractivity contribution in [3.8, 4) is 0 Å². The summed E-state index contributed by atoms with van der Waals surface area (Å²) < 4.78 is 1.05. The summed E-state index contributed by atoms with van der Waals surface area (Å²) in [6.45, 7) is 2.10. The van der Waals surface area contributed by atoms with Gasteiger partial charge in [0.15, 0.2) is 0 Å². The van der Waals surface area contributed by atoms with Crippen molar-refractivity contribution >= 4 is 39.1 Å². The molecular formula is C9H9BrCl2. The van der Waals surface area contributed by atoms with Gasteiger partial charge >= 0.3 is 0 Å². The third-order valence-corrected chi connectivity index (χ3v) is 2.96. The zero-order chi connectivity index (χ0) is 9.14. The van der Waals surface area contributed by atoms with Gasteiger partial charge in [0.25, 0.3) is 0 Å². The molecule has 0 aliphatic rings. The number of rotatable bonds is 2. The maximum atomic E-state index is 5.87. The standard InChI is InChI=1S/C9H9BrCl2/c1-2-8-6(5-11)3-7(12)4-9(8)10/h3-4H,2,5H2,1H3. The summed E-state index contributed by atoms with van der Waals surface area (Å²) in [5.74, 6) is 0.516. The summed E-state index contributed by atoms with van der Waals surface area (Å²) in [4.78, 5) is 0. The average molecular weight is 268 g/mol. The fourth-order valence-electron chi connectivity index (χ4n) is 1.17. The van der Waals surface area contributed by atoms with Crippen LogP contribution < -0.4 is 0 Å². The molecule has 1 aromatic rings. The van der Waals surface area contributed by atoms with Gasteiger partial charge in [-0.1, -0.05) is 34.5 Å². The average Bonchev–Trinajstić information content (AvgIpc) is 2.03. The molecule has 0 N–H and O–H groups in total. The van der Waals surface area contributed by atoms with Gasteiger partial charge in [-0.05, 0) is 29.7 Å². The molecule has 0 aliphatic carbocycles. The Labute approximate surface area is 91.0 Å². The van der Waals surface area contributed by atoms with Crippen LogP contribution in [0.15, 0.2) is 16.6 Å². The third-order valence-electron chi connectivity index (χ3n) is 1.75. The molecule has 0 saturated heterocycles. The lowest BCUT2D eigenvalue weighted by Gasteiger charge is -2.07. The first-order valence-corrected chi connectivity index (χ1v) is 5.42. The van der Waals surface area contributed by atoms with Gasteiger partial charge in [-0.2, -0.15) is 0 Å². The molecule has 0 amide bonds. The van der Waals surface area contributed by atoms with Crippen LogP contribution in [0, 0.1) is 0 Å². The number of hydrogen-bond donors (Lipinski definition) is 0. The van der Waals surface area contributed by atoms with Gasteiger partial charge in [0.05, 0.1) is 0 Å². The molecule has 0 spiro atoms. The molecule has 0 radical (unpaired) electrons. The summed E-state index contributed by atoms with van der Waals surface area (Å²) >= 11 is 15.1. The monoisotopic (exact) mass is 266 g/mol. The predicted molar refractivity (Wildman–Crippen MR) is 58.1 cm³/mol. The molecule has 1 rings (SSSR count). The molecule has 12 heavy (non-hydrogen) atoms. The highest BCUT2D eigenvalue weighted by atomic mass is 79.9. The van der Waals surface area contributed by atoms with Crippen molar-refractivity contribution in [2.75, 3.05) is 0 Å². The fourth-order valence-corrected chi connectivity index (χ4v) is 2.56. The highest BCUT2D eigenvalue weighted by Crippen LogP contribution is 2.27. The summed E-state index contributed by atoms with van der Waals surface area (Å²) in [5, 5.41) is 0.731. The molecule has 0 heterocycles. The lowest BCUT2D eigenvalue weighted by Crippen LogP contribution is -1.91. The minimum absolute atomic E-state index is 0.516. The van der Waals surface area contributed by atoms with E-state index in [0.29, 0.717) is 5.88 Å². The van der Waals surface area contributed by atoms with Crippen molar-refractivity contribution in [2.45, 2.75) is 19.2 Å². The molecule has 66 valence electrons. The van der Waals surface area contributed by atoms with Crippen molar-refractivity contribution in [3.63, 3.8) is 0 Å². The maximum absolute atomic E-state index is 5.87. The lowest BCUT2D eigenvalue weighted by molar-refractivity contribution is 1.09. The first-order valence-electron chi connectivity index (χ1n) is 3.71. The summed E-state index contributed by atoms with van der Waals surface area (Å²) in [7, 11) is 0. The molecular weight excluding hydrogens is 259 g/mol. The zero-order valence-corrected chi connectivity index (χ0v) is 9.80. The minimum atomic E-state index is 0.516. The van der Waals surface area contributed by atoms with E-state index in [-0.39, 0.29) is 0 Å². The second kappa shape index (κ2) is 4.50. The predicted octanol–water partition coefficient (Wildman–Crippen LogP) is 4.40. The molecule has 0 nitrogen and oxygen atoms in total. The van der Waals surface area contributed by atoms with Crippen LogP contribution in [-0.2, 0) is 12.3 Å². The largest absolute Gasteiger partial charge is 0.122 e. The van der Waals surface area contributed by atoms with Gasteiger partial charge in [-0.3, -0.25) is 0 Å². The molecule has 0 atom stereocenters. The molecule has 3 heteroatoms. The second-order valence-electron chi connectivity index (χ2n) is 2.51. The third kappa shape index (κ3) is 2.15. The second-order valence-corrected chi connectivity index (χ2v) is 4.07. The number of hydrogen-bond acceptors (Lipinski definition) is 0. The van der Waals surface area contributed by atoms with Crippen molar-refractivity contribution in [3.05, 3.63) is 32.8 Å². The van der Waals surface area contributed by atoms with E-state index in [0.717, 1.165) is 21.5 Å². The van der Waals surface area contributed by atoms with Crippen LogP contribution in [0.3, 0.4) is 0 Å². The van der Waals surface area contributed by atoms with Gasteiger partial charge in [0.2, 0.25) is 0 Å². The Balaban J connectivity index is 3.24. The normalized spacial score (nSPS) is 10.3. The quantitative estimate of drug-likeness (QED) is 0.697. The first kappa shape index (κ1) is 10.4. The van der Waals surface area contributed by atoms with Crippen molar-refractivity contribution < 1.29 is 0 Å². The van der Waals surface area contributed by atoms with Crippen LogP contribution in [0.2, 0.25) is 5.02 Å². The Morgan fingerprint density at radius 2 is 2.08 bits per heavy atom. The van der Waals surface area contributed by atoms with Crippen molar-refractivity contribution in [1.29, 1.82) is 0 Å². The van der Waals surface area contributed by atoms with E-state index in [2.05, 4.69) is 22.9 Å². The summed E-state index contributed by atoms with van der Waals surface area (Å²) in [5.41, 5.74) is 2.35. The number of alkyl halides is 1. The molecule has 0 bridgehead atoms. The maximum Gasteiger partial charge on any atom is 0.0477 e. The SMILES string of the molecule is CCc1c(Br)cc(Cl)cc1CCl. The van der Waals surface area contributed by atoms with Crippen molar-refractivity contribution in [2.24, 2.45) is 0 Å². The number of halogens is 3. The Kier molecular flexibility index (Phi) is 3.88. The highest BCUT2D eigenvalue weighted by molar-refractivity contribution is 9.10. The van der Waals surface area contributed by atoms with Crippen LogP contribution >= 0.6 is 39.1 Å². The highest BCUT2D eigenvalue weighted by Gasteiger charge is 2.05. The van der Waals surface area contributed by atoms with Gasteiger partial charge < -0.3 is 0 Å². The number of benzene rings is 1. The van der Waals surface area contributed by atoms with Gasteiger partial charge in [0.1, 0.15) is 0 Å². The molecule has 0 unspecified atom stereocenters. The summed E-state index contributed by atoms with van der Waals surface area (Å²) in [6.07, 6.45) is 0.972. The topological polar surface area (TPSA) is 0 Å². The van der Waals surface area contributed by atoms with E-state index in [1.807, 2.05) is 12.1 Å². The van der Waals surface area contributed by atoms with Crippen LogP contribution in [0.1, 0.15) is 18.1 Å². The van der Waals surface area contributed by atoms with Gasteiger partial charge in [-0.15, -0.1) is 11.6 Å². The Morgan fingerprint density at radius 1 is 1.42 bits per heavy atom. The summed E-state index contributed by atoms with van der Waals surface area (Å²) in [6, 6.07) is 3.81. The molecule has 0 fully saturated rings. The van der Waals surface area contributed by atoms with Crippen molar-refractivity contribution in [1.82, 2.24) is 0 Å². The van der Waals surface area contributed by atoms with Crippen LogP contribution in [0.5, 0.6) is 0 Å². The molecule has 0 saturated carbocycles. The van der Waals surface area contributed by atoms with Crippen LogP contribution in [0.4, 0.5) is 0 Å². The molecule has 0 aliphatic heterocycles. The lowest BCUT2D eigenvalue weighted by atomic mass is 10.1. The zero-order valence-electron chi connectivity index (χ0n) is 6.70.